The van der Waals surface area contributed by atoms with Gasteiger partial charge in [0.1, 0.15) is 11.8 Å². The summed E-state index contributed by atoms with van der Waals surface area (Å²) in [6, 6.07) is 7.30. The van der Waals surface area contributed by atoms with Gasteiger partial charge in [0, 0.05) is 18.3 Å². The second-order valence-corrected chi connectivity index (χ2v) is 4.27. The van der Waals surface area contributed by atoms with Gasteiger partial charge >= 0.3 is 0 Å². The van der Waals surface area contributed by atoms with Crippen molar-refractivity contribution < 1.29 is 9.53 Å². The summed E-state index contributed by atoms with van der Waals surface area (Å²) in [5.41, 5.74) is 6.27. The summed E-state index contributed by atoms with van der Waals surface area (Å²) in [4.78, 5) is 12.0. The summed E-state index contributed by atoms with van der Waals surface area (Å²) in [5.74, 6) is 0.766. The number of carbonyl (C=O) groups excluding carboxylic acids is 1. The number of methoxy groups -OCH3 is 1. The van der Waals surface area contributed by atoms with Crippen LogP contribution >= 0.6 is 0 Å². The van der Waals surface area contributed by atoms with Crippen LogP contribution in [-0.4, -0.2) is 32.1 Å². The first-order chi connectivity index (χ1) is 9.21. The van der Waals surface area contributed by atoms with Gasteiger partial charge in [0.05, 0.1) is 7.11 Å². The van der Waals surface area contributed by atoms with Crippen molar-refractivity contribution in [1.82, 2.24) is 5.32 Å². The first kappa shape index (κ1) is 15.3. The van der Waals surface area contributed by atoms with Crippen LogP contribution in [0.2, 0.25) is 0 Å². The molecular formula is C14H23N3O2. The van der Waals surface area contributed by atoms with E-state index in [0.717, 1.165) is 17.9 Å². The second-order valence-electron chi connectivity index (χ2n) is 4.27. The minimum Gasteiger partial charge on any atom is -0.497 e. The van der Waals surface area contributed by atoms with Crippen LogP contribution in [0.4, 0.5) is 5.69 Å². The largest absolute Gasteiger partial charge is 0.497 e. The highest BCUT2D eigenvalue weighted by molar-refractivity contribution is 5.84. The average molecular weight is 265 g/mol. The summed E-state index contributed by atoms with van der Waals surface area (Å²) in [6.07, 6.45) is 1.51. The molecule has 0 radical (unpaired) electrons. The monoisotopic (exact) mass is 265 g/mol. The van der Waals surface area contributed by atoms with Crippen molar-refractivity contribution in [2.75, 3.05) is 25.5 Å². The first-order valence-electron chi connectivity index (χ1n) is 6.59. The van der Waals surface area contributed by atoms with Gasteiger partial charge < -0.3 is 21.1 Å². The Balaban J connectivity index is 2.57. The number of nitrogens with one attached hydrogen (secondary N) is 2. The fourth-order valence-electron chi connectivity index (χ4n) is 1.70. The van der Waals surface area contributed by atoms with E-state index in [1.54, 1.807) is 7.11 Å². The van der Waals surface area contributed by atoms with Crippen molar-refractivity contribution in [1.29, 1.82) is 0 Å². The summed E-state index contributed by atoms with van der Waals surface area (Å²) in [5, 5.41) is 6.08. The van der Waals surface area contributed by atoms with Gasteiger partial charge in [-0.25, -0.2) is 0 Å². The van der Waals surface area contributed by atoms with Crippen LogP contribution in [0, 0.1) is 0 Å². The van der Waals surface area contributed by atoms with Crippen molar-refractivity contribution in [3.63, 3.8) is 0 Å². The van der Waals surface area contributed by atoms with Crippen molar-refractivity contribution in [2.24, 2.45) is 5.73 Å². The summed E-state index contributed by atoms with van der Waals surface area (Å²) in [7, 11) is 1.62. The SMILES string of the molecule is CCC(Nc1cccc(OC)c1)C(=O)NCCCN. The Morgan fingerprint density at radius 3 is 2.89 bits per heavy atom. The number of amides is 1. The molecule has 1 atom stereocenters. The fraction of sp³-hybridized carbons (Fsp3) is 0.500. The van der Waals surface area contributed by atoms with Crippen LogP contribution in [0.25, 0.3) is 0 Å². The molecule has 0 heterocycles. The number of ether oxygens (including phenoxy) is 1. The highest BCUT2D eigenvalue weighted by atomic mass is 16.5. The molecule has 1 aromatic rings. The zero-order valence-electron chi connectivity index (χ0n) is 11.6. The van der Waals surface area contributed by atoms with Gasteiger partial charge in [0.2, 0.25) is 5.91 Å². The lowest BCUT2D eigenvalue weighted by atomic mass is 10.2. The molecule has 106 valence electrons. The van der Waals surface area contributed by atoms with Crippen molar-refractivity contribution in [2.45, 2.75) is 25.8 Å². The van der Waals surface area contributed by atoms with Gasteiger partial charge in [-0.1, -0.05) is 13.0 Å². The van der Waals surface area contributed by atoms with Gasteiger partial charge in [-0.15, -0.1) is 0 Å². The van der Waals surface area contributed by atoms with Gasteiger partial charge in [-0.05, 0) is 31.5 Å². The number of hydrogen-bond donors (Lipinski definition) is 3. The number of hydrogen-bond acceptors (Lipinski definition) is 4. The number of benzene rings is 1. The normalized spacial score (nSPS) is 11.7. The van der Waals surface area contributed by atoms with Gasteiger partial charge in [0.25, 0.3) is 0 Å². The molecule has 0 aliphatic heterocycles. The lowest BCUT2D eigenvalue weighted by Gasteiger charge is -2.18. The standard InChI is InChI=1S/C14H23N3O2/c1-3-13(14(18)16-9-5-8-15)17-11-6-4-7-12(10-11)19-2/h4,6-7,10,13,17H,3,5,8-9,15H2,1-2H3,(H,16,18). The van der Waals surface area contributed by atoms with E-state index >= 15 is 0 Å². The van der Waals surface area contributed by atoms with Crippen LogP contribution < -0.4 is 21.1 Å². The zero-order valence-corrected chi connectivity index (χ0v) is 11.6. The van der Waals surface area contributed by atoms with Crippen LogP contribution in [0.15, 0.2) is 24.3 Å². The van der Waals surface area contributed by atoms with E-state index in [9.17, 15) is 4.79 Å². The Hall–Kier alpha value is -1.75. The van der Waals surface area contributed by atoms with E-state index in [1.165, 1.54) is 0 Å². The van der Waals surface area contributed by atoms with Crippen LogP contribution in [0.3, 0.4) is 0 Å². The van der Waals surface area contributed by atoms with E-state index < -0.39 is 0 Å². The third-order valence-electron chi connectivity index (χ3n) is 2.82. The third kappa shape index (κ3) is 5.18. The molecule has 0 aliphatic carbocycles. The molecule has 0 bridgehead atoms. The van der Waals surface area contributed by atoms with Crippen LogP contribution in [0.5, 0.6) is 5.75 Å². The molecule has 1 unspecified atom stereocenters. The Labute approximate surface area is 114 Å². The van der Waals surface area contributed by atoms with E-state index in [4.69, 9.17) is 10.5 Å². The lowest BCUT2D eigenvalue weighted by molar-refractivity contribution is -0.121. The van der Waals surface area contributed by atoms with Crippen molar-refractivity contribution in [3.8, 4) is 5.75 Å². The zero-order chi connectivity index (χ0) is 14.1. The quantitative estimate of drug-likeness (QED) is 0.620. The Bertz CT molecular complexity index is 396. The predicted octanol–water partition coefficient (Wildman–Crippen LogP) is 1.35. The fourth-order valence-corrected chi connectivity index (χ4v) is 1.70. The third-order valence-corrected chi connectivity index (χ3v) is 2.82. The second kappa shape index (κ2) is 8.37. The molecule has 19 heavy (non-hydrogen) atoms. The number of rotatable bonds is 8. The van der Waals surface area contributed by atoms with Crippen molar-refractivity contribution in [3.05, 3.63) is 24.3 Å². The molecule has 5 nitrogen and oxygen atoms in total. The average Bonchev–Trinajstić information content (AvgIpc) is 2.45. The molecule has 5 heteroatoms. The van der Waals surface area contributed by atoms with E-state index in [2.05, 4.69) is 10.6 Å². The van der Waals surface area contributed by atoms with Crippen LogP contribution in [-0.2, 0) is 4.79 Å². The molecule has 1 amide bonds. The molecule has 1 aromatic carbocycles. The summed E-state index contributed by atoms with van der Waals surface area (Å²) < 4.78 is 5.16. The number of anilines is 1. The maximum Gasteiger partial charge on any atom is 0.242 e. The minimum atomic E-state index is -0.245. The number of carbonyl (C=O) groups is 1. The van der Waals surface area contributed by atoms with Gasteiger partial charge in [-0.3, -0.25) is 4.79 Å². The maximum absolute atomic E-state index is 12.0. The predicted molar refractivity (Wildman–Crippen MR) is 77.4 cm³/mol. The Morgan fingerprint density at radius 2 is 2.26 bits per heavy atom. The van der Waals surface area contributed by atoms with Crippen LogP contribution in [0.1, 0.15) is 19.8 Å². The molecule has 0 aliphatic rings. The molecule has 0 spiro atoms. The van der Waals surface area contributed by atoms with E-state index in [-0.39, 0.29) is 11.9 Å². The molecule has 0 fully saturated rings. The Morgan fingerprint density at radius 1 is 1.47 bits per heavy atom. The highest BCUT2D eigenvalue weighted by Crippen LogP contribution is 2.18. The van der Waals surface area contributed by atoms with E-state index in [0.29, 0.717) is 19.5 Å². The topological polar surface area (TPSA) is 76.4 Å². The van der Waals surface area contributed by atoms with Gasteiger partial charge in [-0.2, -0.15) is 0 Å². The summed E-state index contributed by atoms with van der Waals surface area (Å²) >= 11 is 0. The first-order valence-corrected chi connectivity index (χ1v) is 6.59. The molecule has 0 saturated heterocycles. The molecular weight excluding hydrogens is 242 g/mol. The molecule has 1 rings (SSSR count). The molecule has 0 aromatic heterocycles. The Kier molecular flexibility index (Phi) is 6.74. The highest BCUT2D eigenvalue weighted by Gasteiger charge is 2.15. The van der Waals surface area contributed by atoms with Gasteiger partial charge in [0.15, 0.2) is 0 Å². The number of nitrogens with two attached hydrogens (primary N) is 1. The van der Waals surface area contributed by atoms with Crippen molar-refractivity contribution >= 4 is 11.6 Å². The molecule has 0 saturated carbocycles. The summed E-state index contributed by atoms with van der Waals surface area (Å²) in [6.45, 7) is 3.17. The molecule has 4 N–H and O–H groups in total. The maximum atomic E-state index is 12.0. The minimum absolute atomic E-state index is 0.00114. The van der Waals surface area contributed by atoms with E-state index in [1.807, 2.05) is 31.2 Å². The lowest BCUT2D eigenvalue weighted by Crippen LogP contribution is -2.40. The smallest absolute Gasteiger partial charge is 0.242 e.